The molecule has 8 heteroatoms. The molecule has 2 aromatic carbocycles. The van der Waals surface area contributed by atoms with Crippen LogP contribution in [-0.4, -0.2) is 32.6 Å². The van der Waals surface area contributed by atoms with Crippen molar-refractivity contribution in [2.45, 2.75) is 39.0 Å². The van der Waals surface area contributed by atoms with Crippen molar-refractivity contribution in [1.82, 2.24) is 19.6 Å². The van der Waals surface area contributed by atoms with Crippen molar-refractivity contribution in [1.29, 1.82) is 0 Å². The van der Waals surface area contributed by atoms with Gasteiger partial charge in [-0.25, -0.2) is 13.2 Å². The molecule has 1 saturated carbocycles. The number of fused-ring (bicyclic) bond motifs is 4. The summed E-state index contributed by atoms with van der Waals surface area (Å²) < 4.78 is 43.6. The Morgan fingerprint density at radius 2 is 1.91 bits per heavy atom. The summed E-state index contributed by atoms with van der Waals surface area (Å²) in [6.45, 7) is 2.45. The van der Waals surface area contributed by atoms with Crippen LogP contribution in [0.5, 0.6) is 0 Å². The molecule has 6 rings (SSSR count). The summed E-state index contributed by atoms with van der Waals surface area (Å²) in [6, 6.07) is 10.6. The van der Waals surface area contributed by atoms with Crippen LogP contribution in [0.15, 0.2) is 36.4 Å². The first kappa shape index (κ1) is 20.0. The smallest absolute Gasteiger partial charge is 0.257 e. The van der Waals surface area contributed by atoms with Crippen LogP contribution in [0.2, 0.25) is 0 Å². The Kier molecular flexibility index (Phi) is 4.37. The molecule has 3 heterocycles. The van der Waals surface area contributed by atoms with E-state index < -0.39 is 11.8 Å². The molecule has 0 atom stereocenters. The van der Waals surface area contributed by atoms with Crippen LogP contribution in [0.3, 0.4) is 0 Å². The van der Waals surface area contributed by atoms with E-state index in [0.717, 1.165) is 29.7 Å². The third-order valence-corrected chi connectivity index (χ3v) is 6.63. The highest BCUT2D eigenvalue weighted by Gasteiger charge is 2.50. The molecular formula is C25H20F3N5. The second-order valence-corrected chi connectivity index (χ2v) is 8.72. The highest BCUT2D eigenvalue weighted by atomic mass is 19.3. The molecule has 0 spiro atoms. The van der Waals surface area contributed by atoms with Crippen LogP contribution < -0.4 is 4.90 Å². The van der Waals surface area contributed by atoms with Gasteiger partial charge >= 0.3 is 0 Å². The minimum atomic E-state index is -2.43. The fraction of sp³-hybridized carbons (Fsp3) is 0.320. The Balaban J connectivity index is 1.53. The summed E-state index contributed by atoms with van der Waals surface area (Å²) in [5.74, 6) is 7.00. The molecule has 1 fully saturated rings. The summed E-state index contributed by atoms with van der Waals surface area (Å²) in [7, 11) is 0. The summed E-state index contributed by atoms with van der Waals surface area (Å²) in [6.07, 6.45) is 0.0148. The number of benzene rings is 2. The highest BCUT2D eigenvalue weighted by molar-refractivity contribution is 5.94. The van der Waals surface area contributed by atoms with E-state index in [4.69, 9.17) is 4.98 Å². The maximum Gasteiger partial charge on any atom is 0.257 e. The second-order valence-electron chi connectivity index (χ2n) is 8.72. The molecule has 2 aliphatic rings. The summed E-state index contributed by atoms with van der Waals surface area (Å²) in [5.41, 5.74) is 2.08. The van der Waals surface area contributed by atoms with Crippen molar-refractivity contribution < 1.29 is 13.2 Å². The molecule has 0 N–H and O–H groups in total. The average molecular weight is 447 g/mol. The van der Waals surface area contributed by atoms with Gasteiger partial charge in [-0.2, -0.15) is 4.98 Å². The van der Waals surface area contributed by atoms with Crippen molar-refractivity contribution in [3.63, 3.8) is 0 Å². The first-order valence-electron chi connectivity index (χ1n) is 11.0. The summed E-state index contributed by atoms with van der Waals surface area (Å²) in [5, 5.41) is 8.68. The molecular weight excluding hydrogens is 427 g/mol. The van der Waals surface area contributed by atoms with Gasteiger partial charge in [-0.1, -0.05) is 24.0 Å². The van der Waals surface area contributed by atoms with Crippen LogP contribution in [0.1, 0.15) is 36.2 Å². The van der Waals surface area contributed by atoms with E-state index in [2.05, 4.69) is 22.0 Å². The minimum Gasteiger partial charge on any atom is -0.325 e. The molecule has 1 aliphatic carbocycles. The molecule has 1 aliphatic heterocycles. The first-order valence-corrected chi connectivity index (χ1v) is 11.0. The lowest BCUT2D eigenvalue weighted by atomic mass is 9.95. The zero-order valence-electron chi connectivity index (χ0n) is 17.9. The Morgan fingerprint density at radius 1 is 1.09 bits per heavy atom. The zero-order valence-corrected chi connectivity index (χ0v) is 17.9. The normalized spacial score (nSPS) is 16.7. The van der Waals surface area contributed by atoms with E-state index in [1.165, 1.54) is 6.07 Å². The van der Waals surface area contributed by atoms with Gasteiger partial charge < -0.3 is 4.90 Å². The van der Waals surface area contributed by atoms with Crippen molar-refractivity contribution in [2.24, 2.45) is 5.41 Å². The maximum atomic E-state index is 15.1. The molecule has 2 aromatic heterocycles. The van der Waals surface area contributed by atoms with Crippen LogP contribution in [0, 0.1) is 30.0 Å². The lowest BCUT2D eigenvalue weighted by Crippen LogP contribution is -2.26. The van der Waals surface area contributed by atoms with E-state index in [0.29, 0.717) is 47.7 Å². The predicted octanol–water partition coefficient (Wildman–Crippen LogP) is 5.21. The molecule has 4 aromatic rings. The van der Waals surface area contributed by atoms with Crippen molar-refractivity contribution in [3.05, 3.63) is 59.2 Å². The zero-order chi connectivity index (χ0) is 22.7. The minimum absolute atomic E-state index is 0.374. The van der Waals surface area contributed by atoms with Crippen LogP contribution in [-0.2, 0) is 6.42 Å². The lowest BCUT2D eigenvalue weighted by Gasteiger charge is -2.32. The van der Waals surface area contributed by atoms with E-state index in [9.17, 15) is 8.78 Å². The molecule has 0 radical (unpaired) electrons. The molecule has 0 bridgehead atoms. The van der Waals surface area contributed by atoms with Gasteiger partial charge in [0.25, 0.3) is 12.2 Å². The molecule has 33 heavy (non-hydrogen) atoms. The number of rotatable bonds is 2. The summed E-state index contributed by atoms with van der Waals surface area (Å²) >= 11 is 0. The molecule has 0 saturated heterocycles. The monoisotopic (exact) mass is 447 g/mol. The van der Waals surface area contributed by atoms with Crippen molar-refractivity contribution in [2.75, 3.05) is 11.4 Å². The Bertz CT molecular complexity index is 1480. The number of aromatic nitrogens is 4. The molecule has 0 amide bonds. The van der Waals surface area contributed by atoms with Gasteiger partial charge in [0, 0.05) is 17.8 Å². The van der Waals surface area contributed by atoms with Gasteiger partial charge in [0.1, 0.15) is 17.5 Å². The fourth-order valence-electron chi connectivity index (χ4n) is 4.66. The Hall–Kier alpha value is -3.60. The Morgan fingerprint density at radius 3 is 2.70 bits per heavy atom. The number of hydrogen-bond acceptors (Lipinski definition) is 4. The van der Waals surface area contributed by atoms with Crippen LogP contribution in [0.25, 0.3) is 16.7 Å². The predicted molar refractivity (Wildman–Crippen MR) is 119 cm³/mol. The van der Waals surface area contributed by atoms with Crippen molar-refractivity contribution in [3.8, 4) is 11.8 Å². The number of anilines is 2. The number of halogens is 3. The number of alkyl halides is 2. The topological polar surface area (TPSA) is 46.3 Å². The molecule has 5 nitrogen and oxygen atoms in total. The van der Waals surface area contributed by atoms with E-state index in [-0.39, 0.29) is 5.82 Å². The number of aryl methyl sites for hydroxylation is 1. The van der Waals surface area contributed by atoms with E-state index in [1.54, 1.807) is 17.4 Å². The second kappa shape index (κ2) is 7.20. The van der Waals surface area contributed by atoms with Crippen LogP contribution in [0.4, 0.5) is 24.7 Å². The van der Waals surface area contributed by atoms with Gasteiger partial charge in [0.15, 0.2) is 0 Å². The first-order chi connectivity index (χ1) is 16.0. The van der Waals surface area contributed by atoms with Gasteiger partial charge in [0.05, 0.1) is 16.3 Å². The third-order valence-electron chi connectivity index (χ3n) is 6.63. The number of nitrogens with zero attached hydrogens (tertiary/aromatic N) is 5. The van der Waals surface area contributed by atoms with Gasteiger partial charge in [-0.05, 0) is 62.4 Å². The molecule has 166 valence electrons. The quantitative estimate of drug-likeness (QED) is 0.396. The highest BCUT2D eigenvalue weighted by Crippen LogP contribution is 2.50. The third kappa shape index (κ3) is 3.06. The van der Waals surface area contributed by atoms with Gasteiger partial charge in [-0.15, -0.1) is 10.2 Å². The van der Waals surface area contributed by atoms with E-state index in [1.807, 2.05) is 29.2 Å². The SMILES string of the molecule is Cc1nnc2nc(N3CCCc4c(C#CC5(C(F)F)CC5)cccc43)c3c(F)cccc3n12. The van der Waals surface area contributed by atoms with E-state index >= 15 is 4.39 Å². The van der Waals surface area contributed by atoms with Crippen molar-refractivity contribution >= 4 is 28.2 Å². The molecule has 0 unspecified atom stereocenters. The maximum absolute atomic E-state index is 15.1. The van der Waals surface area contributed by atoms with Gasteiger partial charge in [-0.3, -0.25) is 4.40 Å². The lowest BCUT2D eigenvalue weighted by molar-refractivity contribution is 0.0921. The Labute approximate surface area is 188 Å². The number of hydrogen-bond donors (Lipinski definition) is 0. The largest absolute Gasteiger partial charge is 0.325 e. The van der Waals surface area contributed by atoms with Crippen LogP contribution >= 0.6 is 0 Å². The average Bonchev–Trinajstić information content (AvgIpc) is 3.53. The fourth-order valence-corrected chi connectivity index (χ4v) is 4.66. The summed E-state index contributed by atoms with van der Waals surface area (Å²) in [4.78, 5) is 6.68. The standard InChI is InChI=1S/C25H20F3N5/c1-15-30-31-24-29-22(21-18(26)7-3-9-20(21)33(15)24)32-14-4-6-17-16(5-2-8-19(17)32)10-11-25(12-13-25)23(27)28/h2-3,5,7-9,23H,4,6,12-14H2,1H3. The van der Waals surface area contributed by atoms with Gasteiger partial charge in [0.2, 0.25) is 0 Å².